The molecule has 0 aromatic heterocycles. The Balaban J connectivity index is 1.57. The molecule has 1 saturated heterocycles. The standard InChI is InChI=1S/C38H60N6O2/c1-26-12-14-31(28(3)19-26)22-35(40)37(45)43-25-34(21-30-9-6-5-7-10-30)44(24-33(43)11-8-17-42-18-16-39)38(46)36(41)23-32-15-13-27(2)20-29(32)4/h12-15,19-20,30,33-36,42H,5-11,16-18,21-25,39-41H2,1-4H3/t33-,34+,35+,36+/m0/s1. The highest BCUT2D eigenvalue weighted by Crippen LogP contribution is 2.32. The summed E-state index contributed by atoms with van der Waals surface area (Å²) in [7, 11) is 0. The van der Waals surface area contributed by atoms with Crippen LogP contribution < -0.4 is 22.5 Å². The molecule has 2 aromatic rings. The normalized spacial score (nSPS) is 20.5. The molecule has 0 unspecified atom stereocenters. The second-order valence-corrected chi connectivity index (χ2v) is 14.2. The van der Waals surface area contributed by atoms with Crippen molar-refractivity contribution in [2.45, 2.75) is 116 Å². The van der Waals surface area contributed by atoms with Crippen molar-refractivity contribution in [3.8, 4) is 0 Å². The molecule has 1 aliphatic heterocycles. The third kappa shape index (κ3) is 9.86. The van der Waals surface area contributed by atoms with Crippen LogP contribution in [0, 0.1) is 33.6 Å². The van der Waals surface area contributed by atoms with Crippen LogP contribution in [0.1, 0.15) is 84.7 Å². The van der Waals surface area contributed by atoms with Crippen molar-refractivity contribution < 1.29 is 9.59 Å². The van der Waals surface area contributed by atoms with Crippen LogP contribution in [0.15, 0.2) is 36.4 Å². The minimum atomic E-state index is -0.636. The van der Waals surface area contributed by atoms with E-state index in [4.69, 9.17) is 17.2 Å². The van der Waals surface area contributed by atoms with Crippen molar-refractivity contribution in [2.24, 2.45) is 23.1 Å². The number of aryl methyl sites for hydroxylation is 4. The summed E-state index contributed by atoms with van der Waals surface area (Å²) >= 11 is 0. The molecule has 8 nitrogen and oxygen atoms in total. The first-order valence-electron chi connectivity index (χ1n) is 17.7. The van der Waals surface area contributed by atoms with Crippen LogP contribution in [0.4, 0.5) is 0 Å². The fourth-order valence-corrected chi connectivity index (χ4v) is 7.66. The third-order valence-corrected chi connectivity index (χ3v) is 10.3. The van der Waals surface area contributed by atoms with Gasteiger partial charge in [-0.25, -0.2) is 0 Å². The van der Waals surface area contributed by atoms with Crippen molar-refractivity contribution >= 4 is 11.8 Å². The Hall–Kier alpha value is -2.78. The van der Waals surface area contributed by atoms with E-state index in [9.17, 15) is 9.59 Å². The second-order valence-electron chi connectivity index (χ2n) is 14.2. The fourth-order valence-electron chi connectivity index (χ4n) is 7.66. The average Bonchev–Trinajstić information content (AvgIpc) is 3.03. The maximum atomic E-state index is 14.3. The Morgan fingerprint density at radius 2 is 1.30 bits per heavy atom. The molecule has 4 rings (SSSR count). The van der Waals surface area contributed by atoms with Gasteiger partial charge in [0.25, 0.3) is 0 Å². The van der Waals surface area contributed by atoms with Gasteiger partial charge in [0.2, 0.25) is 11.8 Å². The van der Waals surface area contributed by atoms with Crippen LogP contribution in [0.3, 0.4) is 0 Å². The lowest BCUT2D eigenvalue weighted by Gasteiger charge is -2.49. The first-order valence-corrected chi connectivity index (χ1v) is 17.7. The number of nitrogens with two attached hydrogens (primary N) is 3. The van der Waals surface area contributed by atoms with Crippen LogP contribution in [-0.4, -0.2) is 78.5 Å². The van der Waals surface area contributed by atoms with E-state index >= 15 is 0 Å². The van der Waals surface area contributed by atoms with Gasteiger partial charge >= 0.3 is 0 Å². The van der Waals surface area contributed by atoms with E-state index in [1.165, 1.54) is 43.2 Å². The molecule has 1 heterocycles. The summed E-state index contributed by atoms with van der Waals surface area (Å²) in [6.45, 7) is 11.5. The summed E-state index contributed by atoms with van der Waals surface area (Å²) in [5.41, 5.74) is 26.1. The maximum Gasteiger partial charge on any atom is 0.240 e. The minimum absolute atomic E-state index is 0.00119. The summed E-state index contributed by atoms with van der Waals surface area (Å²) in [5.74, 6) is 0.543. The number of piperazine rings is 1. The van der Waals surface area contributed by atoms with E-state index in [-0.39, 0.29) is 23.9 Å². The zero-order chi connectivity index (χ0) is 33.2. The largest absolute Gasteiger partial charge is 0.335 e. The highest BCUT2D eigenvalue weighted by molar-refractivity contribution is 5.85. The average molecular weight is 633 g/mol. The predicted octanol–water partition coefficient (Wildman–Crippen LogP) is 4.07. The first-order chi connectivity index (χ1) is 22.1. The van der Waals surface area contributed by atoms with Gasteiger partial charge in [-0.05, 0) is 94.5 Å². The zero-order valence-electron chi connectivity index (χ0n) is 28.9. The summed E-state index contributed by atoms with van der Waals surface area (Å²) < 4.78 is 0. The molecule has 2 aromatic carbocycles. The Morgan fingerprint density at radius 1 is 0.783 bits per heavy atom. The Morgan fingerprint density at radius 3 is 1.83 bits per heavy atom. The topological polar surface area (TPSA) is 131 Å². The number of carbonyl (C=O) groups is 2. The zero-order valence-corrected chi connectivity index (χ0v) is 28.9. The molecule has 8 heteroatoms. The van der Waals surface area contributed by atoms with Crippen LogP contribution in [0.5, 0.6) is 0 Å². The van der Waals surface area contributed by atoms with E-state index in [1.807, 2.05) is 4.90 Å². The van der Waals surface area contributed by atoms with Gasteiger partial charge in [0.05, 0.1) is 12.1 Å². The number of hydrogen-bond donors (Lipinski definition) is 4. The molecule has 7 N–H and O–H groups in total. The molecule has 2 amide bonds. The van der Waals surface area contributed by atoms with E-state index in [2.05, 4.69) is 74.3 Å². The van der Waals surface area contributed by atoms with Gasteiger partial charge in [-0.1, -0.05) is 79.6 Å². The molecule has 1 aliphatic carbocycles. The minimum Gasteiger partial charge on any atom is -0.335 e. The van der Waals surface area contributed by atoms with Crippen molar-refractivity contribution in [1.82, 2.24) is 15.1 Å². The van der Waals surface area contributed by atoms with Gasteiger partial charge in [-0.3, -0.25) is 9.59 Å². The lowest BCUT2D eigenvalue weighted by atomic mass is 9.83. The molecule has 2 fully saturated rings. The number of nitrogens with zero attached hydrogens (tertiary/aromatic N) is 2. The number of nitrogens with one attached hydrogen (secondary N) is 1. The Labute approximate surface area is 277 Å². The molecule has 0 bridgehead atoms. The van der Waals surface area contributed by atoms with Gasteiger partial charge in [0.1, 0.15) is 0 Å². The molecular formula is C38H60N6O2. The lowest BCUT2D eigenvalue weighted by molar-refractivity contribution is -0.149. The van der Waals surface area contributed by atoms with Gasteiger partial charge in [-0.15, -0.1) is 0 Å². The molecule has 254 valence electrons. The monoisotopic (exact) mass is 632 g/mol. The van der Waals surface area contributed by atoms with Gasteiger partial charge in [0.15, 0.2) is 0 Å². The number of amides is 2. The molecule has 4 atom stereocenters. The maximum absolute atomic E-state index is 14.3. The predicted molar refractivity (Wildman–Crippen MR) is 189 cm³/mol. The van der Waals surface area contributed by atoms with Crippen molar-refractivity contribution in [3.63, 3.8) is 0 Å². The summed E-state index contributed by atoms with van der Waals surface area (Å²) in [6, 6.07) is 11.2. The van der Waals surface area contributed by atoms with Crippen LogP contribution in [0.2, 0.25) is 0 Å². The second kappa shape index (κ2) is 17.4. The number of rotatable bonds is 14. The highest BCUT2D eigenvalue weighted by atomic mass is 16.2. The van der Waals surface area contributed by atoms with Crippen LogP contribution >= 0.6 is 0 Å². The van der Waals surface area contributed by atoms with Crippen molar-refractivity contribution in [3.05, 3.63) is 69.8 Å². The lowest BCUT2D eigenvalue weighted by Crippen LogP contribution is -2.65. The summed E-state index contributed by atoms with van der Waals surface area (Å²) in [6.07, 6.45) is 9.70. The third-order valence-electron chi connectivity index (χ3n) is 10.3. The molecule has 0 radical (unpaired) electrons. The SMILES string of the molecule is Cc1ccc(C[C@@H](N)C(=O)N2C[C@H](CCCNCCN)N(C(=O)[C@H](N)Cc3ccc(C)cc3C)C[C@H]2CC2CCCCC2)c(C)c1. The van der Waals surface area contributed by atoms with E-state index in [0.29, 0.717) is 38.4 Å². The number of hydrogen-bond acceptors (Lipinski definition) is 6. The summed E-state index contributed by atoms with van der Waals surface area (Å²) in [5, 5.41) is 3.38. The van der Waals surface area contributed by atoms with E-state index in [0.717, 1.165) is 54.6 Å². The number of carbonyl (C=O) groups excluding carboxylic acids is 2. The summed E-state index contributed by atoms with van der Waals surface area (Å²) in [4.78, 5) is 32.6. The molecular weight excluding hydrogens is 572 g/mol. The molecule has 2 aliphatic rings. The van der Waals surface area contributed by atoms with Crippen molar-refractivity contribution in [2.75, 3.05) is 32.7 Å². The Bertz CT molecular complexity index is 1290. The first kappa shape index (κ1) is 36.1. The quantitative estimate of drug-likeness (QED) is 0.233. The number of benzene rings is 2. The smallest absolute Gasteiger partial charge is 0.240 e. The van der Waals surface area contributed by atoms with E-state index in [1.54, 1.807) is 0 Å². The fraction of sp³-hybridized carbons (Fsp3) is 0.632. The van der Waals surface area contributed by atoms with Gasteiger partial charge in [-0.2, -0.15) is 0 Å². The highest BCUT2D eigenvalue weighted by Gasteiger charge is 2.41. The molecule has 0 spiro atoms. The molecule has 1 saturated carbocycles. The van der Waals surface area contributed by atoms with E-state index < -0.39 is 12.1 Å². The van der Waals surface area contributed by atoms with Crippen LogP contribution in [0.25, 0.3) is 0 Å². The molecule has 46 heavy (non-hydrogen) atoms. The van der Waals surface area contributed by atoms with Gasteiger partial charge < -0.3 is 32.3 Å². The Kier molecular flexibility index (Phi) is 13.6. The van der Waals surface area contributed by atoms with Gasteiger partial charge in [0, 0.05) is 38.3 Å². The van der Waals surface area contributed by atoms with Crippen LogP contribution in [-0.2, 0) is 22.4 Å². The van der Waals surface area contributed by atoms with Crippen molar-refractivity contribution in [1.29, 1.82) is 0 Å².